The summed E-state index contributed by atoms with van der Waals surface area (Å²) in [4.78, 5) is 0. The molecule has 2 rings (SSSR count). The molecule has 0 aliphatic heterocycles. The van der Waals surface area contributed by atoms with E-state index in [0.29, 0.717) is 12.1 Å². The van der Waals surface area contributed by atoms with Crippen molar-refractivity contribution in [2.24, 2.45) is 0 Å². The van der Waals surface area contributed by atoms with Gasteiger partial charge < -0.3 is 5.32 Å². The standard InChI is InChI=1S/C18H27N3/c1-5-12-19-18(16-10-8-7-9-11-16)17(6-2)21-15(4)13-14(3)20-21/h7-11,13,17-19H,5-6,12H2,1-4H3. The van der Waals surface area contributed by atoms with E-state index in [-0.39, 0.29) is 0 Å². The minimum Gasteiger partial charge on any atom is -0.308 e. The fourth-order valence-electron chi connectivity index (χ4n) is 2.97. The molecule has 114 valence electrons. The fraction of sp³-hybridized carbons (Fsp3) is 0.500. The number of hydrogen-bond acceptors (Lipinski definition) is 2. The molecular formula is C18H27N3. The lowest BCUT2D eigenvalue weighted by Gasteiger charge is -2.29. The van der Waals surface area contributed by atoms with Crippen molar-refractivity contribution in [1.29, 1.82) is 0 Å². The van der Waals surface area contributed by atoms with Gasteiger partial charge in [0.25, 0.3) is 0 Å². The van der Waals surface area contributed by atoms with Crippen molar-refractivity contribution in [1.82, 2.24) is 15.1 Å². The molecule has 0 saturated carbocycles. The van der Waals surface area contributed by atoms with Gasteiger partial charge in [0.05, 0.1) is 17.8 Å². The van der Waals surface area contributed by atoms with E-state index in [2.05, 4.69) is 74.1 Å². The van der Waals surface area contributed by atoms with E-state index in [9.17, 15) is 0 Å². The quantitative estimate of drug-likeness (QED) is 0.826. The Morgan fingerprint density at radius 2 is 1.86 bits per heavy atom. The average Bonchev–Trinajstić information content (AvgIpc) is 2.83. The molecule has 2 aromatic rings. The second kappa shape index (κ2) is 7.41. The van der Waals surface area contributed by atoms with E-state index in [1.165, 1.54) is 11.3 Å². The molecule has 0 radical (unpaired) electrons. The minimum absolute atomic E-state index is 0.300. The highest BCUT2D eigenvalue weighted by atomic mass is 15.3. The van der Waals surface area contributed by atoms with Crippen LogP contribution in [0.4, 0.5) is 0 Å². The van der Waals surface area contributed by atoms with Crippen LogP contribution in [-0.4, -0.2) is 16.3 Å². The molecule has 0 aliphatic rings. The third-order valence-electron chi connectivity index (χ3n) is 3.93. The predicted octanol–water partition coefficient (Wildman–Crippen LogP) is 4.19. The van der Waals surface area contributed by atoms with E-state index < -0.39 is 0 Å². The highest BCUT2D eigenvalue weighted by Gasteiger charge is 2.24. The van der Waals surface area contributed by atoms with Crippen LogP contribution >= 0.6 is 0 Å². The van der Waals surface area contributed by atoms with Crippen molar-refractivity contribution in [2.45, 2.75) is 52.6 Å². The molecule has 3 nitrogen and oxygen atoms in total. The summed E-state index contributed by atoms with van der Waals surface area (Å²) < 4.78 is 2.19. The predicted molar refractivity (Wildman–Crippen MR) is 88.5 cm³/mol. The van der Waals surface area contributed by atoms with Gasteiger partial charge in [-0.3, -0.25) is 4.68 Å². The molecule has 0 fully saturated rings. The van der Waals surface area contributed by atoms with Gasteiger partial charge in [-0.15, -0.1) is 0 Å². The molecule has 3 heteroatoms. The van der Waals surface area contributed by atoms with Crippen LogP contribution in [0.25, 0.3) is 0 Å². The first kappa shape index (κ1) is 15.8. The monoisotopic (exact) mass is 285 g/mol. The van der Waals surface area contributed by atoms with Gasteiger partial charge in [0.15, 0.2) is 0 Å². The van der Waals surface area contributed by atoms with Crippen LogP contribution in [0.15, 0.2) is 36.4 Å². The Morgan fingerprint density at radius 3 is 2.38 bits per heavy atom. The molecule has 2 unspecified atom stereocenters. The number of rotatable bonds is 7. The SMILES string of the molecule is CCCNC(c1ccccc1)C(CC)n1nc(C)cc1C. The van der Waals surface area contributed by atoms with Crippen molar-refractivity contribution >= 4 is 0 Å². The van der Waals surface area contributed by atoms with Crippen molar-refractivity contribution in [3.8, 4) is 0 Å². The first-order valence-electron chi connectivity index (χ1n) is 7.98. The summed E-state index contributed by atoms with van der Waals surface area (Å²) in [5.74, 6) is 0. The lowest BCUT2D eigenvalue weighted by atomic mass is 9.97. The topological polar surface area (TPSA) is 29.9 Å². The molecule has 0 spiro atoms. The summed E-state index contributed by atoms with van der Waals surface area (Å²) in [6.07, 6.45) is 2.19. The molecular weight excluding hydrogens is 258 g/mol. The molecule has 1 aromatic heterocycles. The van der Waals surface area contributed by atoms with Gasteiger partial charge in [0.2, 0.25) is 0 Å². The fourth-order valence-corrected chi connectivity index (χ4v) is 2.97. The zero-order valence-corrected chi connectivity index (χ0v) is 13.6. The number of aryl methyl sites for hydroxylation is 2. The molecule has 1 N–H and O–H groups in total. The van der Waals surface area contributed by atoms with E-state index >= 15 is 0 Å². The number of aromatic nitrogens is 2. The lowest BCUT2D eigenvalue weighted by molar-refractivity contribution is 0.316. The Labute approximate surface area is 128 Å². The van der Waals surface area contributed by atoms with Gasteiger partial charge in [0, 0.05) is 5.69 Å². The second-order valence-electron chi connectivity index (χ2n) is 5.69. The van der Waals surface area contributed by atoms with Gasteiger partial charge >= 0.3 is 0 Å². The smallest absolute Gasteiger partial charge is 0.0714 e. The Balaban J connectivity index is 2.35. The lowest BCUT2D eigenvalue weighted by Crippen LogP contribution is -2.31. The third kappa shape index (κ3) is 3.73. The Hall–Kier alpha value is -1.61. The van der Waals surface area contributed by atoms with E-state index in [1.54, 1.807) is 0 Å². The van der Waals surface area contributed by atoms with Crippen molar-refractivity contribution in [2.75, 3.05) is 6.54 Å². The van der Waals surface area contributed by atoms with Crippen LogP contribution in [0.3, 0.4) is 0 Å². The maximum atomic E-state index is 4.71. The summed E-state index contributed by atoms with van der Waals surface area (Å²) in [6, 6.07) is 13.5. The average molecular weight is 285 g/mol. The Morgan fingerprint density at radius 1 is 1.14 bits per heavy atom. The van der Waals surface area contributed by atoms with Crippen LogP contribution in [-0.2, 0) is 0 Å². The zero-order valence-electron chi connectivity index (χ0n) is 13.6. The molecule has 0 saturated heterocycles. The summed E-state index contributed by atoms with van der Waals surface area (Å²) in [5, 5.41) is 8.42. The minimum atomic E-state index is 0.300. The second-order valence-corrected chi connectivity index (χ2v) is 5.69. The first-order valence-corrected chi connectivity index (χ1v) is 7.98. The van der Waals surface area contributed by atoms with E-state index in [0.717, 1.165) is 25.1 Å². The maximum absolute atomic E-state index is 4.71. The van der Waals surface area contributed by atoms with Gasteiger partial charge in [0.1, 0.15) is 0 Å². The molecule has 0 aliphatic carbocycles. The van der Waals surface area contributed by atoms with E-state index in [4.69, 9.17) is 5.10 Å². The van der Waals surface area contributed by atoms with Gasteiger partial charge in [-0.05, 0) is 44.9 Å². The van der Waals surface area contributed by atoms with Gasteiger partial charge in [-0.2, -0.15) is 5.10 Å². The first-order chi connectivity index (χ1) is 10.2. The summed E-state index contributed by atoms with van der Waals surface area (Å²) in [7, 11) is 0. The van der Waals surface area contributed by atoms with Crippen molar-refractivity contribution < 1.29 is 0 Å². The van der Waals surface area contributed by atoms with Gasteiger partial charge in [-0.25, -0.2) is 0 Å². The molecule has 21 heavy (non-hydrogen) atoms. The normalized spacial score (nSPS) is 14.1. The van der Waals surface area contributed by atoms with Crippen molar-refractivity contribution in [3.05, 3.63) is 53.3 Å². The summed E-state index contributed by atoms with van der Waals surface area (Å²) in [5.41, 5.74) is 3.66. The molecule has 2 atom stereocenters. The molecule has 1 heterocycles. The van der Waals surface area contributed by atoms with Crippen LogP contribution in [0.1, 0.15) is 55.7 Å². The van der Waals surface area contributed by atoms with Crippen molar-refractivity contribution in [3.63, 3.8) is 0 Å². The highest BCUT2D eigenvalue weighted by molar-refractivity contribution is 5.21. The summed E-state index contributed by atoms with van der Waals surface area (Å²) >= 11 is 0. The Kier molecular flexibility index (Phi) is 5.57. The van der Waals surface area contributed by atoms with Crippen LogP contribution in [0, 0.1) is 13.8 Å². The number of hydrogen-bond donors (Lipinski definition) is 1. The third-order valence-corrected chi connectivity index (χ3v) is 3.93. The highest BCUT2D eigenvalue weighted by Crippen LogP contribution is 2.30. The number of nitrogens with zero attached hydrogens (tertiary/aromatic N) is 2. The largest absolute Gasteiger partial charge is 0.308 e. The molecule has 0 bridgehead atoms. The van der Waals surface area contributed by atoms with Crippen LogP contribution < -0.4 is 5.32 Å². The maximum Gasteiger partial charge on any atom is 0.0714 e. The Bertz CT molecular complexity index is 545. The number of benzene rings is 1. The van der Waals surface area contributed by atoms with Crippen LogP contribution in [0.2, 0.25) is 0 Å². The molecule has 0 amide bonds. The molecule has 1 aromatic carbocycles. The van der Waals surface area contributed by atoms with Gasteiger partial charge in [-0.1, -0.05) is 44.2 Å². The van der Waals surface area contributed by atoms with E-state index in [1.807, 2.05) is 0 Å². The number of nitrogens with one attached hydrogen (secondary N) is 1. The van der Waals surface area contributed by atoms with Crippen LogP contribution in [0.5, 0.6) is 0 Å². The summed E-state index contributed by atoms with van der Waals surface area (Å²) in [6.45, 7) is 9.68. The zero-order chi connectivity index (χ0) is 15.2.